The van der Waals surface area contributed by atoms with Gasteiger partial charge in [0, 0.05) is 11.8 Å². The predicted molar refractivity (Wildman–Crippen MR) is 70.0 cm³/mol. The lowest BCUT2D eigenvalue weighted by atomic mass is 9.98. The fraction of sp³-hybridized carbons (Fsp3) is 0.133. The summed E-state index contributed by atoms with van der Waals surface area (Å²) in [4.78, 5) is 4.21. The van der Waals surface area contributed by atoms with E-state index in [2.05, 4.69) is 52.7 Å². The molecule has 0 amide bonds. The van der Waals surface area contributed by atoms with Gasteiger partial charge < -0.3 is 4.40 Å². The molecule has 0 unspecified atom stereocenters. The van der Waals surface area contributed by atoms with Gasteiger partial charge >= 0.3 is 0 Å². The van der Waals surface area contributed by atoms with Crippen LogP contribution < -0.4 is 0 Å². The SMILES string of the molecule is CCc1ccccc1-c1cccn2cncc12. The summed E-state index contributed by atoms with van der Waals surface area (Å²) in [5, 5.41) is 0. The van der Waals surface area contributed by atoms with Crippen molar-refractivity contribution < 1.29 is 0 Å². The molecule has 2 nitrogen and oxygen atoms in total. The molecule has 3 aromatic rings. The average Bonchev–Trinajstić information content (AvgIpc) is 2.86. The van der Waals surface area contributed by atoms with E-state index in [-0.39, 0.29) is 0 Å². The Bertz CT molecular complexity index is 653. The second kappa shape index (κ2) is 4.06. The van der Waals surface area contributed by atoms with Gasteiger partial charge in [-0.1, -0.05) is 37.3 Å². The quantitative estimate of drug-likeness (QED) is 0.648. The van der Waals surface area contributed by atoms with Crippen LogP contribution in [0.25, 0.3) is 16.6 Å². The highest BCUT2D eigenvalue weighted by Crippen LogP contribution is 2.27. The van der Waals surface area contributed by atoms with E-state index >= 15 is 0 Å². The molecule has 0 spiro atoms. The first-order valence-corrected chi connectivity index (χ1v) is 5.89. The molecule has 0 atom stereocenters. The van der Waals surface area contributed by atoms with Gasteiger partial charge in [0.25, 0.3) is 0 Å². The predicted octanol–water partition coefficient (Wildman–Crippen LogP) is 3.56. The molecule has 17 heavy (non-hydrogen) atoms. The molecule has 1 aromatic carbocycles. The maximum atomic E-state index is 4.21. The van der Waals surface area contributed by atoms with Crippen LogP contribution in [0.4, 0.5) is 0 Å². The average molecular weight is 222 g/mol. The molecule has 2 heterocycles. The van der Waals surface area contributed by atoms with Crippen LogP contribution >= 0.6 is 0 Å². The van der Waals surface area contributed by atoms with Gasteiger partial charge in [-0.05, 0) is 23.6 Å². The van der Waals surface area contributed by atoms with E-state index in [0.29, 0.717) is 0 Å². The van der Waals surface area contributed by atoms with E-state index in [0.717, 1.165) is 11.9 Å². The van der Waals surface area contributed by atoms with Crippen molar-refractivity contribution in [3.63, 3.8) is 0 Å². The van der Waals surface area contributed by atoms with E-state index < -0.39 is 0 Å². The zero-order valence-electron chi connectivity index (χ0n) is 9.80. The van der Waals surface area contributed by atoms with Gasteiger partial charge in [-0.15, -0.1) is 0 Å². The van der Waals surface area contributed by atoms with Crippen molar-refractivity contribution in [2.45, 2.75) is 13.3 Å². The minimum absolute atomic E-state index is 1.05. The highest BCUT2D eigenvalue weighted by atomic mass is 15.0. The van der Waals surface area contributed by atoms with Crippen molar-refractivity contribution in [2.24, 2.45) is 0 Å². The lowest BCUT2D eigenvalue weighted by Crippen LogP contribution is -1.90. The normalized spacial score (nSPS) is 10.9. The lowest BCUT2D eigenvalue weighted by molar-refractivity contribution is 1.13. The first-order chi connectivity index (χ1) is 8.40. The van der Waals surface area contributed by atoms with Crippen LogP contribution in [0.2, 0.25) is 0 Å². The highest BCUT2D eigenvalue weighted by Gasteiger charge is 2.07. The summed E-state index contributed by atoms with van der Waals surface area (Å²) < 4.78 is 2.06. The smallest absolute Gasteiger partial charge is 0.0992 e. The van der Waals surface area contributed by atoms with Crippen molar-refractivity contribution in [1.82, 2.24) is 9.38 Å². The zero-order valence-corrected chi connectivity index (χ0v) is 9.80. The summed E-state index contributed by atoms with van der Waals surface area (Å²) in [7, 11) is 0. The maximum Gasteiger partial charge on any atom is 0.0992 e. The van der Waals surface area contributed by atoms with Crippen LogP contribution in [-0.2, 0) is 6.42 Å². The summed E-state index contributed by atoms with van der Waals surface area (Å²) in [6.07, 6.45) is 6.83. The van der Waals surface area contributed by atoms with Crippen LogP contribution in [0.1, 0.15) is 12.5 Å². The fourth-order valence-corrected chi connectivity index (χ4v) is 2.27. The molecule has 84 valence electrons. The van der Waals surface area contributed by atoms with Crippen LogP contribution in [0.3, 0.4) is 0 Å². The van der Waals surface area contributed by atoms with Crippen LogP contribution in [-0.4, -0.2) is 9.38 Å². The molecule has 0 N–H and O–H groups in total. The molecule has 2 aromatic heterocycles. The molecule has 0 radical (unpaired) electrons. The number of nitrogens with zero attached hydrogens (tertiary/aromatic N) is 2. The first kappa shape index (κ1) is 10.1. The number of aryl methyl sites for hydroxylation is 1. The third kappa shape index (κ3) is 1.62. The van der Waals surface area contributed by atoms with Crippen molar-refractivity contribution in [3.05, 3.63) is 60.7 Å². The summed E-state index contributed by atoms with van der Waals surface area (Å²) in [5.41, 5.74) is 5.10. The third-order valence-corrected chi connectivity index (χ3v) is 3.14. The Morgan fingerprint density at radius 1 is 1.06 bits per heavy atom. The Morgan fingerprint density at radius 2 is 1.88 bits per heavy atom. The second-order valence-corrected chi connectivity index (χ2v) is 4.12. The number of hydrogen-bond donors (Lipinski definition) is 0. The lowest BCUT2D eigenvalue weighted by Gasteiger charge is -2.09. The minimum Gasteiger partial charge on any atom is -0.306 e. The standard InChI is InChI=1S/C15H14N2/c1-2-12-6-3-4-7-13(12)14-8-5-9-17-11-16-10-15(14)17/h3-11H,2H2,1H3. The van der Waals surface area contributed by atoms with Gasteiger partial charge in [0.1, 0.15) is 0 Å². The van der Waals surface area contributed by atoms with Gasteiger partial charge in [0.15, 0.2) is 0 Å². The molecule has 0 fully saturated rings. The maximum absolute atomic E-state index is 4.21. The summed E-state index contributed by atoms with van der Waals surface area (Å²) in [6, 6.07) is 12.8. The Kier molecular flexibility index (Phi) is 2.41. The topological polar surface area (TPSA) is 17.3 Å². The molecular weight excluding hydrogens is 208 g/mol. The Labute approximate surface area is 101 Å². The van der Waals surface area contributed by atoms with Crippen LogP contribution in [0.5, 0.6) is 0 Å². The van der Waals surface area contributed by atoms with Crippen LogP contribution in [0, 0.1) is 0 Å². The van der Waals surface area contributed by atoms with E-state index in [9.17, 15) is 0 Å². The molecule has 0 aliphatic heterocycles. The monoisotopic (exact) mass is 222 g/mol. The number of rotatable bonds is 2. The van der Waals surface area contributed by atoms with Gasteiger partial charge in [0.2, 0.25) is 0 Å². The summed E-state index contributed by atoms with van der Waals surface area (Å²) in [5.74, 6) is 0. The van der Waals surface area contributed by atoms with Crippen molar-refractivity contribution in [3.8, 4) is 11.1 Å². The van der Waals surface area contributed by atoms with Gasteiger partial charge in [-0.25, -0.2) is 4.98 Å². The molecule has 0 saturated carbocycles. The number of imidazole rings is 1. The number of aromatic nitrogens is 2. The number of fused-ring (bicyclic) bond motifs is 1. The van der Waals surface area contributed by atoms with Crippen LogP contribution in [0.15, 0.2) is 55.1 Å². The van der Waals surface area contributed by atoms with Crippen molar-refractivity contribution in [2.75, 3.05) is 0 Å². The van der Waals surface area contributed by atoms with E-state index in [4.69, 9.17) is 0 Å². The Hall–Kier alpha value is -2.09. The van der Waals surface area contributed by atoms with Crippen molar-refractivity contribution in [1.29, 1.82) is 0 Å². The van der Waals surface area contributed by atoms with Crippen molar-refractivity contribution >= 4 is 5.52 Å². The molecular formula is C15H14N2. The molecule has 0 aliphatic carbocycles. The van der Waals surface area contributed by atoms with Gasteiger partial charge in [-0.2, -0.15) is 0 Å². The second-order valence-electron chi connectivity index (χ2n) is 4.12. The van der Waals surface area contributed by atoms with Gasteiger partial charge in [0.05, 0.1) is 18.0 Å². The Balaban J connectivity index is 2.30. The summed E-state index contributed by atoms with van der Waals surface area (Å²) >= 11 is 0. The molecule has 3 rings (SSSR count). The van der Waals surface area contributed by atoms with E-state index in [1.807, 2.05) is 18.7 Å². The third-order valence-electron chi connectivity index (χ3n) is 3.14. The number of hydrogen-bond acceptors (Lipinski definition) is 1. The van der Waals surface area contributed by atoms with E-state index in [1.54, 1.807) is 0 Å². The fourth-order valence-electron chi connectivity index (χ4n) is 2.27. The molecule has 0 saturated heterocycles. The number of pyridine rings is 1. The molecule has 0 aliphatic rings. The van der Waals surface area contributed by atoms with E-state index in [1.165, 1.54) is 16.7 Å². The molecule has 2 heteroatoms. The molecule has 0 bridgehead atoms. The largest absolute Gasteiger partial charge is 0.306 e. The zero-order chi connectivity index (χ0) is 11.7. The Morgan fingerprint density at radius 3 is 2.76 bits per heavy atom. The minimum atomic E-state index is 1.05. The highest BCUT2D eigenvalue weighted by molar-refractivity contribution is 5.81. The summed E-state index contributed by atoms with van der Waals surface area (Å²) in [6.45, 7) is 2.19. The number of benzene rings is 1. The first-order valence-electron chi connectivity index (χ1n) is 5.89. The van der Waals surface area contributed by atoms with Gasteiger partial charge in [-0.3, -0.25) is 0 Å².